The predicted octanol–water partition coefficient (Wildman–Crippen LogP) is 3.10. The van der Waals surface area contributed by atoms with E-state index in [9.17, 15) is 29.7 Å². The monoisotopic (exact) mass is 386 g/mol. The first-order valence-electron chi connectivity index (χ1n) is 9.73. The molecule has 7 nitrogen and oxygen atoms in total. The molecular weight excluding hydrogens is 350 g/mol. The summed E-state index contributed by atoms with van der Waals surface area (Å²) in [5.74, 6) is -4.87. The molecule has 0 aliphatic rings. The summed E-state index contributed by atoms with van der Waals surface area (Å²) in [7, 11) is 0. The number of unbranched alkanes of at least 4 members (excludes halogenated alkanes) is 2. The number of aliphatic carboxylic acids is 3. The summed E-state index contributed by atoms with van der Waals surface area (Å²) < 4.78 is 0.200. The van der Waals surface area contributed by atoms with Gasteiger partial charge in [0.2, 0.25) is 0 Å². The summed E-state index contributed by atoms with van der Waals surface area (Å²) in [4.78, 5) is 34.2. The Balaban J connectivity index is 5.46. The van der Waals surface area contributed by atoms with Gasteiger partial charge in [0.05, 0.1) is 26.2 Å². The van der Waals surface area contributed by atoms with Crippen LogP contribution in [0.15, 0.2) is 12.2 Å². The van der Waals surface area contributed by atoms with Crippen molar-refractivity contribution in [2.45, 2.75) is 53.4 Å². The standard InChI is InChI=1S/C20H35NO6/c1-5-6-7-8-9-10-11-21(12-15(2)18(22)23,13-16(3)19(24)25)14-17(4)20(26)27/h6-7,15-17H,5,8-14H2,1-4H3,(H2-,22,23,24,25,26,27)/p+1/b7-6+. The van der Waals surface area contributed by atoms with Crippen molar-refractivity contribution in [2.75, 3.05) is 26.2 Å². The topological polar surface area (TPSA) is 112 Å². The lowest BCUT2D eigenvalue weighted by atomic mass is 10.0. The number of nitrogens with zero attached hydrogens (tertiary/aromatic N) is 1. The van der Waals surface area contributed by atoms with Gasteiger partial charge in [0.1, 0.15) is 17.8 Å². The van der Waals surface area contributed by atoms with Gasteiger partial charge in [0, 0.05) is 0 Å². The molecule has 0 aliphatic carbocycles. The van der Waals surface area contributed by atoms with Gasteiger partial charge in [-0.15, -0.1) is 0 Å². The van der Waals surface area contributed by atoms with Crippen LogP contribution < -0.4 is 0 Å². The SMILES string of the molecule is CC/C=C/CCCC[N+](CC(C)C(=O)O)(CC(C)C(=O)O)CC(C)C(=O)O. The van der Waals surface area contributed by atoms with Crippen LogP contribution in [-0.2, 0) is 14.4 Å². The van der Waals surface area contributed by atoms with E-state index >= 15 is 0 Å². The number of hydrogen-bond acceptors (Lipinski definition) is 3. The zero-order valence-electron chi connectivity index (χ0n) is 17.1. The van der Waals surface area contributed by atoms with Crippen LogP contribution in [0, 0.1) is 17.8 Å². The van der Waals surface area contributed by atoms with Gasteiger partial charge in [-0.05, 0) is 46.5 Å². The molecule has 0 amide bonds. The number of hydrogen-bond donors (Lipinski definition) is 3. The summed E-state index contributed by atoms with van der Waals surface area (Å²) in [6.07, 6.45) is 7.77. The van der Waals surface area contributed by atoms with Gasteiger partial charge in [0.15, 0.2) is 0 Å². The molecular formula is C20H36NO6+. The van der Waals surface area contributed by atoms with Gasteiger partial charge in [-0.25, -0.2) is 0 Å². The van der Waals surface area contributed by atoms with Crippen molar-refractivity contribution in [3.63, 3.8) is 0 Å². The fraction of sp³-hybridized carbons (Fsp3) is 0.750. The maximum absolute atomic E-state index is 11.4. The molecule has 156 valence electrons. The third-order valence-corrected chi connectivity index (χ3v) is 4.90. The van der Waals surface area contributed by atoms with Gasteiger partial charge in [0.25, 0.3) is 0 Å². The van der Waals surface area contributed by atoms with Gasteiger partial charge in [-0.1, -0.05) is 19.1 Å². The van der Waals surface area contributed by atoms with E-state index in [1.807, 2.05) is 0 Å². The van der Waals surface area contributed by atoms with E-state index in [4.69, 9.17) is 0 Å². The third-order valence-electron chi connectivity index (χ3n) is 4.90. The number of carbonyl (C=O) groups is 3. The quantitative estimate of drug-likeness (QED) is 0.226. The highest BCUT2D eigenvalue weighted by molar-refractivity contribution is 5.70. The second-order valence-corrected chi connectivity index (χ2v) is 7.71. The number of quaternary nitrogens is 1. The number of carboxylic acid groups (broad SMARTS) is 3. The first-order valence-corrected chi connectivity index (χ1v) is 9.73. The molecule has 0 aromatic heterocycles. The molecule has 0 radical (unpaired) electrons. The molecule has 7 heteroatoms. The molecule has 0 saturated heterocycles. The highest BCUT2D eigenvalue weighted by Crippen LogP contribution is 2.21. The van der Waals surface area contributed by atoms with Crippen molar-refractivity contribution in [3.05, 3.63) is 12.2 Å². The van der Waals surface area contributed by atoms with Crippen LogP contribution in [0.5, 0.6) is 0 Å². The van der Waals surface area contributed by atoms with Gasteiger partial charge in [-0.3, -0.25) is 14.4 Å². The first kappa shape index (κ1) is 25.1. The molecule has 3 unspecified atom stereocenters. The molecule has 0 saturated carbocycles. The van der Waals surface area contributed by atoms with Gasteiger partial charge in [-0.2, -0.15) is 0 Å². The Morgan fingerprint density at radius 1 is 0.778 bits per heavy atom. The number of rotatable bonds is 15. The van der Waals surface area contributed by atoms with E-state index in [1.165, 1.54) is 0 Å². The Morgan fingerprint density at radius 3 is 1.52 bits per heavy atom. The number of carboxylic acids is 3. The van der Waals surface area contributed by atoms with Crippen LogP contribution in [0.3, 0.4) is 0 Å². The largest absolute Gasteiger partial charge is 0.481 e. The summed E-state index contributed by atoms with van der Waals surface area (Å²) >= 11 is 0. The Bertz CT molecular complexity index is 462. The minimum Gasteiger partial charge on any atom is -0.481 e. The third kappa shape index (κ3) is 10.1. The molecule has 3 atom stereocenters. The van der Waals surface area contributed by atoms with Crippen LogP contribution in [-0.4, -0.2) is 63.9 Å². The molecule has 3 N–H and O–H groups in total. The predicted molar refractivity (Wildman–Crippen MR) is 103 cm³/mol. The minimum atomic E-state index is -0.950. The maximum Gasteiger partial charge on any atom is 0.311 e. The highest BCUT2D eigenvalue weighted by Gasteiger charge is 2.37. The lowest BCUT2D eigenvalue weighted by Gasteiger charge is -2.42. The zero-order valence-corrected chi connectivity index (χ0v) is 17.1. The van der Waals surface area contributed by atoms with E-state index in [2.05, 4.69) is 19.1 Å². The summed E-state index contributed by atoms with van der Waals surface area (Å²) in [5, 5.41) is 28.0. The number of allylic oxidation sites excluding steroid dienone is 2. The van der Waals surface area contributed by atoms with Crippen molar-refractivity contribution in [1.82, 2.24) is 0 Å². The zero-order chi connectivity index (χ0) is 21.0. The fourth-order valence-corrected chi connectivity index (χ4v) is 3.47. The maximum atomic E-state index is 11.4. The Hall–Kier alpha value is -1.89. The second kappa shape index (κ2) is 12.5. The Kier molecular flexibility index (Phi) is 11.6. The van der Waals surface area contributed by atoms with Crippen molar-refractivity contribution < 1.29 is 34.2 Å². The van der Waals surface area contributed by atoms with E-state index in [1.54, 1.807) is 20.8 Å². The molecule has 0 spiro atoms. The van der Waals surface area contributed by atoms with Crippen LogP contribution >= 0.6 is 0 Å². The Labute approximate surface area is 162 Å². The van der Waals surface area contributed by atoms with Gasteiger partial charge >= 0.3 is 17.9 Å². The normalized spacial score (nSPS) is 17.2. The molecule has 0 aliphatic heterocycles. The van der Waals surface area contributed by atoms with E-state index < -0.39 is 35.7 Å². The van der Waals surface area contributed by atoms with E-state index in [-0.39, 0.29) is 24.1 Å². The lowest BCUT2D eigenvalue weighted by molar-refractivity contribution is -0.934. The lowest BCUT2D eigenvalue weighted by Crippen LogP contribution is -2.57. The molecule has 0 heterocycles. The average molecular weight is 387 g/mol. The summed E-state index contributed by atoms with van der Waals surface area (Å²) in [5.41, 5.74) is 0. The van der Waals surface area contributed by atoms with Crippen molar-refractivity contribution in [3.8, 4) is 0 Å². The van der Waals surface area contributed by atoms with Crippen LogP contribution in [0.1, 0.15) is 53.4 Å². The van der Waals surface area contributed by atoms with Gasteiger partial charge < -0.3 is 19.8 Å². The average Bonchev–Trinajstić information content (AvgIpc) is 2.57. The van der Waals surface area contributed by atoms with Crippen LogP contribution in [0.4, 0.5) is 0 Å². The first-order chi connectivity index (χ1) is 12.5. The van der Waals surface area contributed by atoms with Crippen LogP contribution in [0.2, 0.25) is 0 Å². The minimum absolute atomic E-state index is 0.200. The molecule has 0 rings (SSSR count). The molecule has 0 aromatic carbocycles. The van der Waals surface area contributed by atoms with Crippen molar-refractivity contribution in [2.24, 2.45) is 17.8 Å². The molecule has 0 aromatic rings. The summed E-state index contributed by atoms with van der Waals surface area (Å²) in [6.45, 7) is 8.11. The van der Waals surface area contributed by atoms with Crippen molar-refractivity contribution >= 4 is 17.9 Å². The molecule has 0 bridgehead atoms. The van der Waals surface area contributed by atoms with E-state index in [0.29, 0.717) is 6.54 Å². The Morgan fingerprint density at radius 2 is 1.19 bits per heavy atom. The van der Waals surface area contributed by atoms with Crippen molar-refractivity contribution in [1.29, 1.82) is 0 Å². The second-order valence-electron chi connectivity index (χ2n) is 7.71. The van der Waals surface area contributed by atoms with Crippen LogP contribution in [0.25, 0.3) is 0 Å². The van der Waals surface area contributed by atoms with E-state index in [0.717, 1.165) is 25.7 Å². The molecule has 27 heavy (non-hydrogen) atoms. The fourth-order valence-electron chi connectivity index (χ4n) is 3.47. The summed E-state index contributed by atoms with van der Waals surface area (Å²) in [6, 6.07) is 0. The highest BCUT2D eigenvalue weighted by atomic mass is 16.4. The molecule has 0 fully saturated rings. The smallest absolute Gasteiger partial charge is 0.311 e.